The number of nitrogens with one attached hydrogen (secondary N) is 1. The van der Waals surface area contributed by atoms with Crippen LogP contribution in [0.5, 0.6) is 0 Å². The SMILES string of the molecule is Cc1cccc(CN2CCCC(C(=O)Nc3ccc(CSc4ccccc4)cc3)C2)c1. The number of nitrogens with zero attached hydrogens (tertiary/aromatic N) is 1. The second kappa shape index (κ2) is 10.7. The Labute approximate surface area is 189 Å². The zero-order valence-corrected chi connectivity index (χ0v) is 18.9. The van der Waals surface area contributed by atoms with Crippen LogP contribution in [0.2, 0.25) is 0 Å². The molecule has 0 saturated carbocycles. The molecule has 4 rings (SSSR count). The van der Waals surface area contributed by atoms with Gasteiger partial charge in [0.15, 0.2) is 0 Å². The minimum Gasteiger partial charge on any atom is -0.326 e. The lowest BCUT2D eigenvalue weighted by atomic mass is 9.96. The predicted molar refractivity (Wildman–Crippen MR) is 130 cm³/mol. The Balaban J connectivity index is 1.28. The summed E-state index contributed by atoms with van der Waals surface area (Å²) in [5.74, 6) is 1.11. The third kappa shape index (κ3) is 6.46. The third-order valence-corrected chi connectivity index (χ3v) is 6.82. The van der Waals surface area contributed by atoms with Crippen molar-refractivity contribution in [1.82, 2.24) is 4.90 Å². The van der Waals surface area contributed by atoms with E-state index in [1.54, 1.807) is 0 Å². The highest BCUT2D eigenvalue weighted by molar-refractivity contribution is 7.98. The first-order valence-corrected chi connectivity index (χ1v) is 12.0. The van der Waals surface area contributed by atoms with Crippen molar-refractivity contribution in [1.29, 1.82) is 0 Å². The Bertz CT molecular complexity index is 988. The smallest absolute Gasteiger partial charge is 0.228 e. The van der Waals surface area contributed by atoms with Gasteiger partial charge in [0.25, 0.3) is 0 Å². The molecule has 1 heterocycles. The van der Waals surface area contributed by atoms with Gasteiger partial charge in [0.05, 0.1) is 5.92 Å². The van der Waals surface area contributed by atoms with E-state index in [-0.39, 0.29) is 11.8 Å². The highest BCUT2D eigenvalue weighted by Gasteiger charge is 2.25. The molecule has 160 valence electrons. The van der Waals surface area contributed by atoms with Crippen molar-refractivity contribution in [3.63, 3.8) is 0 Å². The normalized spacial score (nSPS) is 16.7. The number of thioether (sulfide) groups is 1. The van der Waals surface area contributed by atoms with Crippen molar-refractivity contribution in [2.45, 2.75) is 37.0 Å². The highest BCUT2D eigenvalue weighted by atomic mass is 32.2. The van der Waals surface area contributed by atoms with E-state index in [9.17, 15) is 4.79 Å². The van der Waals surface area contributed by atoms with Crippen LogP contribution in [-0.2, 0) is 17.1 Å². The van der Waals surface area contributed by atoms with E-state index in [4.69, 9.17) is 0 Å². The van der Waals surface area contributed by atoms with E-state index in [1.807, 2.05) is 30.0 Å². The molecule has 1 atom stereocenters. The number of anilines is 1. The summed E-state index contributed by atoms with van der Waals surface area (Å²) in [7, 11) is 0. The van der Waals surface area contributed by atoms with Crippen molar-refractivity contribution < 1.29 is 4.79 Å². The first-order chi connectivity index (χ1) is 15.2. The summed E-state index contributed by atoms with van der Waals surface area (Å²) in [5, 5.41) is 3.13. The van der Waals surface area contributed by atoms with Crippen LogP contribution in [0, 0.1) is 12.8 Å². The fraction of sp³-hybridized carbons (Fsp3) is 0.296. The molecule has 1 fully saturated rings. The molecule has 1 saturated heterocycles. The standard InChI is InChI=1S/C27H30N2OS/c1-21-7-5-8-23(17-21)18-29-16-6-9-24(19-29)27(30)28-25-14-12-22(13-15-25)20-31-26-10-3-2-4-11-26/h2-5,7-8,10-15,17,24H,6,9,16,18-20H2,1H3,(H,28,30). The molecule has 0 radical (unpaired) electrons. The Hall–Kier alpha value is -2.56. The maximum atomic E-state index is 12.9. The van der Waals surface area contributed by atoms with Crippen molar-refractivity contribution in [3.05, 3.63) is 95.6 Å². The van der Waals surface area contributed by atoms with Gasteiger partial charge < -0.3 is 5.32 Å². The number of hydrogen-bond acceptors (Lipinski definition) is 3. The van der Waals surface area contributed by atoms with Crippen LogP contribution in [0.1, 0.15) is 29.5 Å². The van der Waals surface area contributed by atoms with E-state index in [1.165, 1.54) is 21.6 Å². The van der Waals surface area contributed by atoms with Gasteiger partial charge in [-0.15, -0.1) is 11.8 Å². The zero-order chi connectivity index (χ0) is 21.5. The van der Waals surface area contributed by atoms with Gasteiger partial charge in [0.1, 0.15) is 0 Å². The number of piperidine rings is 1. The second-order valence-electron chi connectivity index (χ2n) is 8.35. The lowest BCUT2D eigenvalue weighted by Crippen LogP contribution is -2.40. The van der Waals surface area contributed by atoms with Crippen LogP contribution in [-0.4, -0.2) is 23.9 Å². The van der Waals surface area contributed by atoms with E-state index >= 15 is 0 Å². The average molecular weight is 431 g/mol. The first kappa shape index (κ1) is 21.7. The van der Waals surface area contributed by atoms with Crippen molar-refractivity contribution >= 4 is 23.4 Å². The summed E-state index contributed by atoms with van der Waals surface area (Å²) >= 11 is 1.82. The van der Waals surface area contributed by atoms with Gasteiger partial charge in [-0.25, -0.2) is 0 Å². The Kier molecular flexibility index (Phi) is 7.44. The lowest BCUT2D eigenvalue weighted by Gasteiger charge is -2.32. The number of carbonyl (C=O) groups is 1. The Morgan fingerprint density at radius 1 is 1.00 bits per heavy atom. The van der Waals surface area contributed by atoms with Crippen LogP contribution in [0.15, 0.2) is 83.8 Å². The lowest BCUT2D eigenvalue weighted by molar-refractivity contribution is -0.121. The summed E-state index contributed by atoms with van der Waals surface area (Å²) < 4.78 is 0. The maximum Gasteiger partial charge on any atom is 0.228 e. The number of hydrogen-bond donors (Lipinski definition) is 1. The summed E-state index contributed by atoms with van der Waals surface area (Å²) in [6.07, 6.45) is 2.03. The average Bonchev–Trinajstić information content (AvgIpc) is 2.79. The van der Waals surface area contributed by atoms with Gasteiger partial charge >= 0.3 is 0 Å². The van der Waals surface area contributed by atoms with E-state index in [2.05, 4.69) is 77.8 Å². The van der Waals surface area contributed by atoms with E-state index < -0.39 is 0 Å². The molecule has 1 aliphatic rings. The molecule has 1 amide bonds. The molecule has 1 aliphatic heterocycles. The topological polar surface area (TPSA) is 32.3 Å². The van der Waals surface area contributed by atoms with Crippen molar-refractivity contribution in [3.8, 4) is 0 Å². The van der Waals surface area contributed by atoms with Crippen molar-refractivity contribution in [2.24, 2.45) is 5.92 Å². The summed E-state index contributed by atoms with van der Waals surface area (Å²) in [4.78, 5) is 16.6. The maximum absolute atomic E-state index is 12.9. The van der Waals surface area contributed by atoms with Crippen LogP contribution in [0.3, 0.4) is 0 Å². The molecule has 0 aromatic heterocycles. The van der Waals surface area contributed by atoms with E-state index in [0.717, 1.165) is 43.9 Å². The summed E-state index contributed by atoms with van der Waals surface area (Å²) in [6, 6.07) is 27.3. The molecule has 1 N–H and O–H groups in total. The highest BCUT2D eigenvalue weighted by Crippen LogP contribution is 2.24. The molecule has 0 bridgehead atoms. The number of carbonyl (C=O) groups excluding carboxylic acids is 1. The molecule has 3 aromatic carbocycles. The number of aryl methyl sites for hydroxylation is 1. The third-order valence-electron chi connectivity index (χ3n) is 5.74. The van der Waals surface area contributed by atoms with Gasteiger partial charge in [0.2, 0.25) is 5.91 Å². The molecular weight excluding hydrogens is 400 g/mol. The van der Waals surface area contributed by atoms with Gasteiger partial charge in [-0.2, -0.15) is 0 Å². The van der Waals surface area contributed by atoms with Crippen LogP contribution >= 0.6 is 11.8 Å². The fourth-order valence-corrected chi connectivity index (χ4v) is 4.97. The Morgan fingerprint density at radius 2 is 1.81 bits per heavy atom. The molecule has 4 heteroatoms. The fourth-order valence-electron chi connectivity index (χ4n) is 4.09. The van der Waals surface area contributed by atoms with Gasteiger partial charge in [0, 0.05) is 29.4 Å². The number of likely N-dealkylation sites (tertiary alicyclic amines) is 1. The summed E-state index contributed by atoms with van der Waals surface area (Å²) in [6.45, 7) is 4.93. The number of benzene rings is 3. The van der Waals surface area contributed by atoms with Crippen LogP contribution < -0.4 is 5.32 Å². The molecule has 0 aliphatic carbocycles. The molecule has 3 aromatic rings. The monoisotopic (exact) mass is 430 g/mol. The number of rotatable bonds is 7. The quantitative estimate of drug-likeness (QED) is 0.457. The van der Waals surface area contributed by atoms with Gasteiger partial charge in [-0.05, 0) is 61.7 Å². The molecular formula is C27H30N2OS. The minimum absolute atomic E-state index is 0.0480. The molecule has 31 heavy (non-hydrogen) atoms. The molecule has 0 spiro atoms. The number of amides is 1. The summed E-state index contributed by atoms with van der Waals surface area (Å²) in [5.41, 5.74) is 4.75. The van der Waals surface area contributed by atoms with Crippen LogP contribution in [0.25, 0.3) is 0 Å². The molecule has 1 unspecified atom stereocenters. The largest absolute Gasteiger partial charge is 0.326 e. The van der Waals surface area contributed by atoms with Gasteiger partial charge in [-0.3, -0.25) is 9.69 Å². The molecule has 3 nitrogen and oxygen atoms in total. The Morgan fingerprint density at radius 3 is 2.58 bits per heavy atom. The zero-order valence-electron chi connectivity index (χ0n) is 18.1. The predicted octanol–water partition coefficient (Wildman–Crippen LogP) is 6.14. The van der Waals surface area contributed by atoms with E-state index in [0.29, 0.717) is 0 Å². The minimum atomic E-state index is 0.0480. The van der Waals surface area contributed by atoms with Gasteiger partial charge in [-0.1, -0.05) is 60.2 Å². The first-order valence-electron chi connectivity index (χ1n) is 11.0. The second-order valence-corrected chi connectivity index (χ2v) is 9.40. The van der Waals surface area contributed by atoms with Crippen molar-refractivity contribution in [2.75, 3.05) is 18.4 Å². The van der Waals surface area contributed by atoms with Crippen LogP contribution in [0.4, 0.5) is 5.69 Å².